The van der Waals surface area contributed by atoms with E-state index < -0.39 is 10.9 Å². The molecule has 1 aliphatic rings. The highest BCUT2D eigenvalue weighted by Crippen LogP contribution is 2.36. The Labute approximate surface area is 114 Å². The second-order valence-corrected chi connectivity index (χ2v) is 4.41. The zero-order chi connectivity index (χ0) is 14.9. The van der Waals surface area contributed by atoms with Gasteiger partial charge in [0.1, 0.15) is 12.2 Å². The molecule has 8 heteroatoms. The predicted molar refractivity (Wildman–Crippen MR) is 70.7 cm³/mol. The lowest BCUT2D eigenvalue weighted by Crippen LogP contribution is -2.27. The molecule has 0 unspecified atom stereocenters. The standard InChI is InChI=1S/C12H13N3O5/c1-14(6-12(17)20-2)9-5-8-7(4-11(16)13-8)3-10(9)15(18)19/h3,5H,4,6H2,1-2H3,(H,13,16). The van der Waals surface area contributed by atoms with Gasteiger partial charge in [0.25, 0.3) is 5.69 Å². The lowest BCUT2D eigenvalue weighted by atomic mass is 10.1. The number of carbonyl (C=O) groups excluding carboxylic acids is 2. The summed E-state index contributed by atoms with van der Waals surface area (Å²) in [6.07, 6.45) is 0.122. The molecule has 1 aromatic rings. The number of nitro groups is 1. The third-order valence-electron chi connectivity index (χ3n) is 3.03. The summed E-state index contributed by atoms with van der Waals surface area (Å²) < 4.78 is 4.53. The smallest absolute Gasteiger partial charge is 0.325 e. The van der Waals surface area contributed by atoms with E-state index in [-0.39, 0.29) is 30.2 Å². The zero-order valence-electron chi connectivity index (χ0n) is 11.0. The molecule has 0 spiro atoms. The molecule has 2 rings (SSSR count). The summed E-state index contributed by atoms with van der Waals surface area (Å²) in [5.41, 5.74) is 1.22. The van der Waals surface area contributed by atoms with Gasteiger partial charge in [-0.2, -0.15) is 0 Å². The topological polar surface area (TPSA) is 102 Å². The Hall–Kier alpha value is -2.64. The molecule has 0 fully saturated rings. The number of nitrogens with one attached hydrogen (secondary N) is 1. The Bertz CT molecular complexity index is 599. The molecule has 0 radical (unpaired) electrons. The number of ether oxygens (including phenoxy) is 1. The quantitative estimate of drug-likeness (QED) is 0.494. The largest absolute Gasteiger partial charge is 0.468 e. The van der Waals surface area contributed by atoms with Crippen molar-refractivity contribution in [3.8, 4) is 0 Å². The van der Waals surface area contributed by atoms with Crippen molar-refractivity contribution in [1.82, 2.24) is 0 Å². The van der Waals surface area contributed by atoms with Gasteiger partial charge in [-0.15, -0.1) is 0 Å². The molecule has 1 heterocycles. The summed E-state index contributed by atoms with van der Waals surface area (Å²) in [6.45, 7) is -0.121. The van der Waals surface area contributed by atoms with Crippen molar-refractivity contribution in [3.05, 3.63) is 27.8 Å². The monoisotopic (exact) mass is 279 g/mol. The van der Waals surface area contributed by atoms with E-state index in [0.717, 1.165) is 0 Å². The number of hydrogen-bond donors (Lipinski definition) is 1. The molecule has 1 aromatic carbocycles. The lowest BCUT2D eigenvalue weighted by Gasteiger charge is -2.18. The summed E-state index contributed by atoms with van der Waals surface area (Å²) in [5, 5.41) is 13.7. The van der Waals surface area contributed by atoms with Crippen LogP contribution in [0, 0.1) is 10.1 Å². The van der Waals surface area contributed by atoms with Crippen molar-refractivity contribution in [3.63, 3.8) is 0 Å². The molecular formula is C12H13N3O5. The van der Waals surface area contributed by atoms with Crippen LogP contribution < -0.4 is 10.2 Å². The number of rotatable bonds is 4. The Kier molecular flexibility index (Phi) is 3.55. The lowest BCUT2D eigenvalue weighted by molar-refractivity contribution is -0.384. The molecular weight excluding hydrogens is 266 g/mol. The van der Waals surface area contributed by atoms with E-state index in [1.807, 2.05) is 0 Å². The molecule has 0 atom stereocenters. The minimum atomic E-state index is -0.536. The van der Waals surface area contributed by atoms with Gasteiger partial charge in [-0.05, 0) is 11.6 Å². The molecule has 0 bridgehead atoms. The summed E-state index contributed by atoms with van der Waals surface area (Å²) >= 11 is 0. The van der Waals surface area contributed by atoms with Gasteiger partial charge in [-0.3, -0.25) is 19.7 Å². The maximum atomic E-state index is 11.3. The number of nitro benzene ring substituents is 1. The number of amides is 1. The van der Waals surface area contributed by atoms with Gasteiger partial charge in [0.15, 0.2) is 0 Å². The second kappa shape index (κ2) is 5.16. The van der Waals surface area contributed by atoms with Crippen LogP contribution in [0.5, 0.6) is 0 Å². The van der Waals surface area contributed by atoms with Crippen LogP contribution in [0.1, 0.15) is 5.56 Å². The van der Waals surface area contributed by atoms with Crippen LogP contribution in [0.15, 0.2) is 12.1 Å². The molecule has 0 aromatic heterocycles. The minimum absolute atomic E-state index is 0.121. The first kappa shape index (κ1) is 13.8. The molecule has 8 nitrogen and oxygen atoms in total. The second-order valence-electron chi connectivity index (χ2n) is 4.41. The fourth-order valence-electron chi connectivity index (χ4n) is 2.05. The van der Waals surface area contributed by atoms with E-state index in [4.69, 9.17) is 0 Å². The number of fused-ring (bicyclic) bond motifs is 1. The van der Waals surface area contributed by atoms with E-state index in [9.17, 15) is 19.7 Å². The SMILES string of the molecule is COC(=O)CN(C)c1cc2c(cc1[N+](=O)[O-])CC(=O)N2. The highest BCUT2D eigenvalue weighted by Gasteiger charge is 2.26. The Morgan fingerprint density at radius 1 is 1.55 bits per heavy atom. The Morgan fingerprint density at radius 2 is 2.25 bits per heavy atom. The predicted octanol–water partition coefficient (Wildman–Crippen LogP) is 0.699. The molecule has 20 heavy (non-hydrogen) atoms. The fraction of sp³-hybridized carbons (Fsp3) is 0.333. The third kappa shape index (κ3) is 2.53. The van der Waals surface area contributed by atoms with E-state index in [2.05, 4.69) is 10.1 Å². The molecule has 1 aliphatic heterocycles. The summed E-state index contributed by atoms with van der Waals surface area (Å²) in [7, 11) is 2.79. The van der Waals surface area contributed by atoms with Crippen molar-refractivity contribution in [1.29, 1.82) is 0 Å². The number of methoxy groups -OCH3 is 1. The number of benzene rings is 1. The van der Waals surface area contributed by atoms with Crippen molar-refractivity contribution >= 4 is 28.9 Å². The number of hydrogen-bond acceptors (Lipinski definition) is 6. The Morgan fingerprint density at radius 3 is 2.85 bits per heavy atom. The van der Waals surface area contributed by atoms with Gasteiger partial charge in [0.2, 0.25) is 5.91 Å². The van der Waals surface area contributed by atoms with Gasteiger partial charge < -0.3 is 15.0 Å². The van der Waals surface area contributed by atoms with Crippen LogP contribution in [0.25, 0.3) is 0 Å². The number of esters is 1. The average Bonchev–Trinajstić information content (AvgIpc) is 2.75. The molecule has 1 amide bonds. The molecule has 0 saturated carbocycles. The number of nitrogens with zero attached hydrogens (tertiary/aromatic N) is 2. The maximum Gasteiger partial charge on any atom is 0.325 e. The first-order chi connectivity index (χ1) is 9.42. The maximum absolute atomic E-state index is 11.3. The first-order valence-corrected chi connectivity index (χ1v) is 5.81. The molecule has 0 saturated heterocycles. The number of likely N-dealkylation sites (N-methyl/N-ethyl adjacent to an activating group) is 1. The van der Waals surface area contributed by atoms with Crippen molar-refractivity contribution in [2.45, 2.75) is 6.42 Å². The highest BCUT2D eigenvalue weighted by atomic mass is 16.6. The van der Waals surface area contributed by atoms with Gasteiger partial charge in [-0.25, -0.2) is 0 Å². The summed E-state index contributed by atoms with van der Waals surface area (Å²) in [4.78, 5) is 34.6. The van der Waals surface area contributed by atoms with Crippen LogP contribution >= 0.6 is 0 Å². The van der Waals surface area contributed by atoms with Gasteiger partial charge >= 0.3 is 5.97 Å². The van der Waals surface area contributed by atoms with Gasteiger partial charge in [0, 0.05) is 18.8 Å². The van der Waals surface area contributed by atoms with E-state index in [1.165, 1.54) is 24.1 Å². The van der Waals surface area contributed by atoms with Crippen LogP contribution in [0.4, 0.5) is 17.1 Å². The fourth-order valence-corrected chi connectivity index (χ4v) is 2.05. The van der Waals surface area contributed by atoms with E-state index in [1.54, 1.807) is 7.05 Å². The summed E-state index contributed by atoms with van der Waals surface area (Å²) in [5.74, 6) is -0.714. The molecule has 106 valence electrons. The molecule has 1 N–H and O–H groups in total. The third-order valence-corrected chi connectivity index (χ3v) is 3.03. The van der Waals surface area contributed by atoms with E-state index in [0.29, 0.717) is 11.3 Å². The van der Waals surface area contributed by atoms with E-state index >= 15 is 0 Å². The van der Waals surface area contributed by atoms with Crippen molar-refractivity contribution < 1.29 is 19.2 Å². The number of carbonyl (C=O) groups is 2. The van der Waals surface area contributed by atoms with Gasteiger partial charge in [0.05, 0.1) is 18.5 Å². The average molecular weight is 279 g/mol. The van der Waals surface area contributed by atoms with Crippen LogP contribution in [0.2, 0.25) is 0 Å². The highest BCUT2D eigenvalue weighted by molar-refractivity contribution is 6.00. The minimum Gasteiger partial charge on any atom is -0.468 e. The molecule has 0 aliphatic carbocycles. The zero-order valence-corrected chi connectivity index (χ0v) is 11.0. The first-order valence-electron chi connectivity index (χ1n) is 5.81. The summed E-state index contributed by atoms with van der Waals surface area (Å²) in [6, 6.07) is 2.86. The van der Waals surface area contributed by atoms with Crippen molar-refractivity contribution in [2.75, 3.05) is 30.9 Å². The van der Waals surface area contributed by atoms with Crippen LogP contribution in [-0.2, 0) is 20.7 Å². The Balaban J connectivity index is 2.41. The van der Waals surface area contributed by atoms with Gasteiger partial charge in [-0.1, -0.05) is 0 Å². The van der Waals surface area contributed by atoms with Crippen molar-refractivity contribution in [2.24, 2.45) is 0 Å². The number of anilines is 2. The van der Waals surface area contributed by atoms with Crippen LogP contribution in [-0.4, -0.2) is 37.5 Å². The van der Waals surface area contributed by atoms with Crippen LogP contribution in [0.3, 0.4) is 0 Å². The normalized spacial score (nSPS) is 12.6.